The van der Waals surface area contributed by atoms with Crippen molar-refractivity contribution in [2.24, 2.45) is 0 Å². The van der Waals surface area contributed by atoms with Gasteiger partial charge in [0.05, 0.1) is 52.6 Å². The Hall–Kier alpha value is -2.28. The molecule has 1 aliphatic rings. The van der Waals surface area contributed by atoms with Crippen molar-refractivity contribution in [3.63, 3.8) is 0 Å². The number of ether oxygens (including phenoxy) is 4. The summed E-state index contributed by atoms with van der Waals surface area (Å²) in [7, 11) is 0. The van der Waals surface area contributed by atoms with E-state index in [1.165, 1.54) is 9.80 Å². The van der Waals surface area contributed by atoms with Gasteiger partial charge in [-0.2, -0.15) is 0 Å². The zero-order valence-electron chi connectivity index (χ0n) is 15.5. The predicted molar refractivity (Wildman–Crippen MR) is 91.7 cm³/mol. The van der Waals surface area contributed by atoms with Crippen LogP contribution in [-0.4, -0.2) is 123 Å². The van der Waals surface area contributed by atoms with Gasteiger partial charge in [0, 0.05) is 13.1 Å². The van der Waals surface area contributed by atoms with Crippen LogP contribution in [0.2, 0.25) is 0 Å². The first-order valence-corrected chi connectivity index (χ1v) is 8.72. The maximum Gasteiger partial charge on any atom is 0.320 e. The fraction of sp³-hybridized carbons (Fsp3) is 0.750. The van der Waals surface area contributed by atoms with E-state index in [1.54, 1.807) is 0 Å². The highest BCUT2D eigenvalue weighted by atomic mass is 16.6. The third kappa shape index (κ3) is 12.2. The first kappa shape index (κ1) is 23.8. The van der Waals surface area contributed by atoms with Crippen LogP contribution < -0.4 is 0 Å². The minimum Gasteiger partial charge on any atom is -0.480 e. The molecular formula is C16H26N2O10. The summed E-state index contributed by atoms with van der Waals surface area (Å²) >= 11 is 0. The van der Waals surface area contributed by atoms with Gasteiger partial charge in [-0.25, -0.2) is 0 Å². The molecule has 0 aromatic carbocycles. The van der Waals surface area contributed by atoms with E-state index in [0.29, 0.717) is 0 Å². The van der Waals surface area contributed by atoms with Crippen LogP contribution >= 0.6 is 0 Å². The van der Waals surface area contributed by atoms with E-state index >= 15 is 0 Å². The summed E-state index contributed by atoms with van der Waals surface area (Å²) in [5.74, 6) is -3.57. The van der Waals surface area contributed by atoms with E-state index in [9.17, 15) is 19.2 Å². The number of nitrogens with zero attached hydrogens (tertiary/aromatic N) is 2. The number of hydrogen-bond acceptors (Lipinski definition) is 10. The lowest BCUT2D eigenvalue weighted by molar-refractivity contribution is -0.151. The molecule has 1 fully saturated rings. The van der Waals surface area contributed by atoms with Crippen molar-refractivity contribution in [2.75, 3.05) is 78.9 Å². The highest BCUT2D eigenvalue weighted by molar-refractivity contribution is 5.74. The van der Waals surface area contributed by atoms with E-state index in [2.05, 4.69) is 0 Å². The number of hydrogen-bond donors (Lipinski definition) is 2. The number of carbonyl (C=O) groups is 4. The summed E-state index contributed by atoms with van der Waals surface area (Å²) in [6, 6.07) is 0. The Bertz CT molecular complexity index is 482. The van der Waals surface area contributed by atoms with Gasteiger partial charge in [-0.05, 0) is 0 Å². The van der Waals surface area contributed by atoms with E-state index in [4.69, 9.17) is 29.2 Å². The Balaban J connectivity index is 2.72. The number of carbonyl (C=O) groups excluding carboxylic acids is 2. The standard InChI is InChI=1S/C16H26N2O10/c19-13(20)9-17-1-2-18(10-14(21)22)12-16(24)28-8-6-26-4-3-25-5-7-27-15(23)11-17/h1-12H2,(H,19,20)(H,21,22). The van der Waals surface area contributed by atoms with Crippen molar-refractivity contribution < 1.29 is 48.3 Å². The topological polar surface area (TPSA) is 152 Å². The van der Waals surface area contributed by atoms with Crippen LogP contribution in [-0.2, 0) is 38.1 Å². The molecule has 0 aliphatic carbocycles. The van der Waals surface area contributed by atoms with Crippen LogP contribution in [0.15, 0.2) is 0 Å². The van der Waals surface area contributed by atoms with Gasteiger partial charge >= 0.3 is 23.9 Å². The number of cyclic esters (lactones) is 2. The van der Waals surface area contributed by atoms with Gasteiger partial charge < -0.3 is 29.2 Å². The largest absolute Gasteiger partial charge is 0.480 e. The molecule has 0 unspecified atom stereocenters. The van der Waals surface area contributed by atoms with Gasteiger partial charge in [0.2, 0.25) is 0 Å². The van der Waals surface area contributed by atoms with Gasteiger partial charge in [-0.15, -0.1) is 0 Å². The average molecular weight is 406 g/mol. The minimum absolute atomic E-state index is 0.0164. The lowest BCUT2D eigenvalue weighted by atomic mass is 10.4. The number of carboxylic acid groups (broad SMARTS) is 2. The van der Waals surface area contributed by atoms with E-state index in [1.807, 2.05) is 0 Å². The Morgan fingerprint density at radius 3 is 1.43 bits per heavy atom. The van der Waals surface area contributed by atoms with Crippen LogP contribution in [0, 0.1) is 0 Å². The molecule has 0 radical (unpaired) electrons. The third-order valence-corrected chi connectivity index (χ3v) is 3.51. The van der Waals surface area contributed by atoms with Crippen molar-refractivity contribution in [3.05, 3.63) is 0 Å². The molecule has 12 heteroatoms. The SMILES string of the molecule is O=C(O)CN1CCN(CC(=O)O)CC(=O)OCCOCCOCCOC(=O)C1. The van der Waals surface area contributed by atoms with Crippen LogP contribution in [0.25, 0.3) is 0 Å². The maximum atomic E-state index is 11.9. The molecule has 0 amide bonds. The molecule has 1 rings (SSSR count). The van der Waals surface area contributed by atoms with E-state index < -0.39 is 37.0 Å². The second-order valence-corrected chi connectivity index (χ2v) is 5.87. The molecule has 0 atom stereocenters. The summed E-state index contributed by atoms with van der Waals surface area (Å²) in [4.78, 5) is 48.3. The first-order chi connectivity index (χ1) is 13.4. The van der Waals surface area contributed by atoms with Crippen LogP contribution in [0.1, 0.15) is 0 Å². The molecular weight excluding hydrogens is 380 g/mol. The molecule has 2 N–H and O–H groups in total. The lowest BCUT2D eigenvalue weighted by Gasteiger charge is -2.24. The molecule has 0 spiro atoms. The van der Waals surface area contributed by atoms with Gasteiger partial charge in [-0.1, -0.05) is 0 Å². The van der Waals surface area contributed by atoms with Crippen molar-refractivity contribution in [1.82, 2.24) is 9.80 Å². The van der Waals surface area contributed by atoms with Gasteiger partial charge in [0.15, 0.2) is 0 Å². The molecule has 28 heavy (non-hydrogen) atoms. The minimum atomic E-state index is -1.15. The molecule has 160 valence electrons. The Morgan fingerprint density at radius 1 is 0.714 bits per heavy atom. The lowest BCUT2D eigenvalue weighted by Crippen LogP contribution is -2.44. The molecule has 1 heterocycles. The highest BCUT2D eigenvalue weighted by Crippen LogP contribution is 1.97. The number of carboxylic acids is 2. The summed E-state index contributed by atoms with van der Waals surface area (Å²) in [5.41, 5.74) is 0. The van der Waals surface area contributed by atoms with Gasteiger partial charge in [0.1, 0.15) is 13.2 Å². The molecule has 0 saturated carbocycles. The molecule has 1 aliphatic heterocycles. The molecule has 0 aromatic rings. The zero-order chi connectivity index (χ0) is 20.8. The number of esters is 2. The quantitative estimate of drug-likeness (QED) is 0.492. The Morgan fingerprint density at radius 2 is 1.07 bits per heavy atom. The first-order valence-electron chi connectivity index (χ1n) is 8.72. The Kier molecular flexibility index (Phi) is 11.7. The van der Waals surface area contributed by atoms with E-state index in [0.717, 1.165) is 0 Å². The highest BCUT2D eigenvalue weighted by Gasteiger charge is 2.20. The van der Waals surface area contributed by atoms with Crippen molar-refractivity contribution in [2.45, 2.75) is 0 Å². The molecule has 0 aromatic heterocycles. The smallest absolute Gasteiger partial charge is 0.320 e. The second-order valence-electron chi connectivity index (χ2n) is 5.87. The normalized spacial score (nSPS) is 20.4. The van der Waals surface area contributed by atoms with Gasteiger partial charge in [0.25, 0.3) is 0 Å². The monoisotopic (exact) mass is 406 g/mol. The third-order valence-electron chi connectivity index (χ3n) is 3.51. The summed E-state index contributed by atoms with van der Waals surface area (Å²) in [5, 5.41) is 18.0. The number of rotatable bonds is 4. The average Bonchev–Trinajstić information content (AvgIpc) is 2.59. The van der Waals surface area contributed by atoms with Crippen LogP contribution in [0.4, 0.5) is 0 Å². The number of aliphatic carboxylic acids is 2. The van der Waals surface area contributed by atoms with Crippen LogP contribution in [0.5, 0.6) is 0 Å². The molecule has 1 saturated heterocycles. The van der Waals surface area contributed by atoms with Crippen LogP contribution in [0.3, 0.4) is 0 Å². The van der Waals surface area contributed by atoms with E-state index in [-0.39, 0.29) is 65.8 Å². The predicted octanol–water partition coefficient (Wildman–Crippen LogP) is -2.11. The summed E-state index contributed by atoms with van der Waals surface area (Å²) in [6.45, 7) is -0.477. The zero-order valence-corrected chi connectivity index (χ0v) is 15.5. The van der Waals surface area contributed by atoms with Crippen molar-refractivity contribution >= 4 is 23.9 Å². The summed E-state index contributed by atoms with van der Waals surface area (Å²) in [6.07, 6.45) is 0. The Labute approximate surface area is 161 Å². The molecule has 12 nitrogen and oxygen atoms in total. The summed E-state index contributed by atoms with van der Waals surface area (Å²) < 4.78 is 20.4. The molecule has 0 bridgehead atoms. The fourth-order valence-electron chi connectivity index (χ4n) is 2.30. The maximum absolute atomic E-state index is 11.9. The van der Waals surface area contributed by atoms with Gasteiger partial charge in [-0.3, -0.25) is 29.0 Å². The van der Waals surface area contributed by atoms with Crippen molar-refractivity contribution in [1.29, 1.82) is 0 Å². The van der Waals surface area contributed by atoms with Crippen molar-refractivity contribution in [3.8, 4) is 0 Å². The second kappa shape index (κ2) is 13.8. The fourth-order valence-corrected chi connectivity index (χ4v) is 2.30.